The van der Waals surface area contributed by atoms with E-state index in [0.717, 1.165) is 22.5 Å². The van der Waals surface area contributed by atoms with Crippen molar-refractivity contribution in [2.75, 3.05) is 5.32 Å². The summed E-state index contributed by atoms with van der Waals surface area (Å²) in [5.74, 6) is -0.847. The van der Waals surface area contributed by atoms with Gasteiger partial charge in [-0.2, -0.15) is 28.5 Å². The molecule has 0 atom stereocenters. The molecule has 4 aromatic heterocycles. The number of benzene rings is 1. The van der Waals surface area contributed by atoms with Crippen molar-refractivity contribution >= 4 is 44.9 Å². The van der Waals surface area contributed by atoms with Gasteiger partial charge in [0.05, 0.1) is 46.7 Å². The summed E-state index contributed by atoms with van der Waals surface area (Å²) < 4.78 is 46.9. The van der Waals surface area contributed by atoms with Gasteiger partial charge in [-0.3, -0.25) is 4.79 Å². The van der Waals surface area contributed by atoms with Gasteiger partial charge in [-0.15, -0.1) is 9.90 Å². The first-order valence-corrected chi connectivity index (χ1v) is 10.2. The molecule has 0 radical (unpaired) electrons. The molecule has 1 amide bonds. The number of halogens is 4. The lowest BCUT2D eigenvalue weighted by Gasteiger charge is -2.13. The number of pyridine rings is 1. The van der Waals surface area contributed by atoms with Gasteiger partial charge in [0.25, 0.3) is 5.91 Å². The summed E-state index contributed by atoms with van der Waals surface area (Å²) in [4.78, 5) is 18.0. The number of hydrogen-bond donors (Lipinski definition) is 1. The van der Waals surface area contributed by atoms with E-state index in [1.807, 2.05) is 0 Å². The van der Waals surface area contributed by atoms with Crippen LogP contribution in [0.2, 0.25) is 5.02 Å². The Hall–Kier alpha value is -3.91. The van der Waals surface area contributed by atoms with Crippen molar-refractivity contribution in [3.8, 4) is 11.5 Å². The topological polar surface area (TPSA) is 116 Å². The summed E-state index contributed by atoms with van der Waals surface area (Å²) in [5.41, 5.74) is -1.31. The maximum atomic E-state index is 14.0. The largest absolute Gasteiger partial charge is 0.434 e. The third-order valence-electron chi connectivity index (χ3n) is 4.45. The molecule has 5 aromatic rings. The molecule has 33 heavy (non-hydrogen) atoms. The van der Waals surface area contributed by atoms with Gasteiger partial charge in [-0.05, 0) is 29.7 Å². The van der Waals surface area contributed by atoms with Crippen LogP contribution in [0.25, 0.3) is 21.7 Å². The molecular formula is C18H9ClF3N9OS. The summed E-state index contributed by atoms with van der Waals surface area (Å²) in [6, 6.07) is 5.92. The zero-order chi connectivity index (χ0) is 23.2. The molecular weight excluding hydrogens is 483 g/mol. The maximum absolute atomic E-state index is 14.0. The predicted octanol–water partition coefficient (Wildman–Crippen LogP) is 3.78. The summed E-state index contributed by atoms with van der Waals surface area (Å²) in [5, 5.41) is 18.0. The molecule has 0 saturated carbocycles. The van der Waals surface area contributed by atoms with Gasteiger partial charge in [0.15, 0.2) is 11.5 Å². The summed E-state index contributed by atoms with van der Waals surface area (Å²) in [6.07, 6.45) is 0.0427. The van der Waals surface area contributed by atoms with Crippen molar-refractivity contribution in [1.82, 2.24) is 39.3 Å². The van der Waals surface area contributed by atoms with Crippen molar-refractivity contribution in [2.45, 2.75) is 6.18 Å². The Morgan fingerprint density at radius 2 is 1.91 bits per heavy atom. The molecule has 0 aliphatic carbocycles. The Morgan fingerprint density at radius 1 is 1.12 bits per heavy atom. The van der Waals surface area contributed by atoms with E-state index in [-0.39, 0.29) is 22.2 Å². The number of fused-ring (bicyclic) bond motifs is 1. The molecule has 0 unspecified atom stereocenters. The van der Waals surface area contributed by atoms with Crippen molar-refractivity contribution in [3.05, 3.63) is 65.3 Å². The molecule has 0 aliphatic heterocycles. The van der Waals surface area contributed by atoms with Gasteiger partial charge in [0.1, 0.15) is 10.2 Å². The quantitative estimate of drug-likeness (QED) is 0.406. The molecule has 10 nitrogen and oxygen atoms in total. The highest BCUT2D eigenvalue weighted by Crippen LogP contribution is 2.36. The number of hydrogen-bond acceptors (Lipinski definition) is 8. The average molecular weight is 492 g/mol. The monoisotopic (exact) mass is 491 g/mol. The van der Waals surface area contributed by atoms with Crippen LogP contribution in [0.3, 0.4) is 0 Å². The van der Waals surface area contributed by atoms with E-state index in [0.29, 0.717) is 14.9 Å². The number of carbonyl (C=O) groups excluding carboxylic acids is 1. The van der Waals surface area contributed by atoms with Crippen molar-refractivity contribution in [1.29, 1.82) is 0 Å². The van der Waals surface area contributed by atoms with Crippen LogP contribution < -0.4 is 5.32 Å². The highest BCUT2D eigenvalue weighted by atomic mass is 35.5. The Kier molecular flexibility index (Phi) is 5.02. The van der Waals surface area contributed by atoms with Gasteiger partial charge in [0.2, 0.25) is 0 Å². The van der Waals surface area contributed by atoms with Crippen LogP contribution in [0, 0.1) is 0 Å². The molecule has 0 fully saturated rings. The van der Waals surface area contributed by atoms with E-state index in [4.69, 9.17) is 11.6 Å². The number of nitrogens with one attached hydrogen (secondary N) is 1. The highest BCUT2D eigenvalue weighted by molar-refractivity contribution is 7.13. The fraction of sp³-hybridized carbons (Fsp3) is 0.0556. The van der Waals surface area contributed by atoms with Crippen LogP contribution in [0.4, 0.5) is 18.9 Å². The lowest BCUT2D eigenvalue weighted by molar-refractivity contribution is -0.143. The minimum absolute atomic E-state index is 0.0792. The molecule has 0 bridgehead atoms. The molecule has 0 spiro atoms. The van der Waals surface area contributed by atoms with E-state index >= 15 is 0 Å². The Labute approximate surface area is 190 Å². The van der Waals surface area contributed by atoms with Gasteiger partial charge in [-0.1, -0.05) is 22.2 Å². The molecule has 1 N–H and O–H groups in total. The number of alkyl halides is 3. The summed E-state index contributed by atoms with van der Waals surface area (Å²) >= 11 is 7.09. The second-order valence-electron chi connectivity index (χ2n) is 6.52. The Balaban J connectivity index is 1.52. The lowest BCUT2D eigenvalue weighted by atomic mass is 10.2. The first kappa shape index (κ1) is 21.0. The number of anilines is 1. The summed E-state index contributed by atoms with van der Waals surface area (Å²) in [7, 11) is 0. The van der Waals surface area contributed by atoms with E-state index in [9.17, 15) is 18.0 Å². The zero-order valence-corrected chi connectivity index (χ0v) is 17.6. The van der Waals surface area contributed by atoms with Gasteiger partial charge >= 0.3 is 6.18 Å². The van der Waals surface area contributed by atoms with Gasteiger partial charge in [0, 0.05) is 0 Å². The third-order valence-corrected chi connectivity index (χ3v) is 5.49. The fourth-order valence-electron chi connectivity index (χ4n) is 3.10. The van der Waals surface area contributed by atoms with Crippen molar-refractivity contribution < 1.29 is 18.0 Å². The normalized spacial score (nSPS) is 11.8. The van der Waals surface area contributed by atoms with E-state index in [1.165, 1.54) is 36.8 Å². The van der Waals surface area contributed by atoms with E-state index < -0.39 is 23.3 Å². The van der Waals surface area contributed by atoms with Crippen LogP contribution >= 0.6 is 23.1 Å². The average Bonchev–Trinajstić information content (AvgIpc) is 3.52. The number of nitrogens with zero attached hydrogens (tertiary/aromatic N) is 8. The Morgan fingerprint density at radius 3 is 2.64 bits per heavy atom. The number of rotatable bonds is 4. The van der Waals surface area contributed by atoms with Crippen molar-refractivity contribution in [2.24, 2.45) is 0 Å². The second kappa shape index (κ2) is 7.90. The molecule has 5 rings (SSSR count). The van der Waals surface area contributed by atoms with Gasteiger partial charge < -0.3 is 5.32 Å². The molecule has 0 saturated heterocycles. The zero-order valence-electron chi connectivity index (χ0n) is 16.0. The van der Waals surface area contributed by atoms with E-state index in [2.05, 4.69) is 35.2 Å². The lowest BCUT2D eigenvalue weighted by Crippen LogP contribution is -2.21. The fourth-order valence-corrected chi connectivity index (χ4v) is 4.00. The standard InChI is InChI=1S/C18H9ClF3N9OS/c19-11-6-9(7-23-16(11)31-24-4-5-25-31)27-17(32)10-8-26-30(15(10)18(20,21)22)13-3-1-2-12-14(13)33-29-28-12/h1-8H,(H,27,32). The molecule has 1 aromatic carbocycles. The first-order chi connectivity index (χ1) is 15.8. The molecule has 15 heteroatoms. The first-order valence-electron chi connectivity index (χ1n) is 9.03. The molecule has 4 heterocycles. The smallest absolute Gasteiger partial charge is 0.320 e. The predicted molar refractivity (Wildman–Crippen MR) is 112 cm³/mol. The van der Waals surface area contributed by atoms with Crippen LogP contribution in [-0.4, -0.2) is 45.3 Å². The van der Waals surface area contributed by atoms with E-state index in [1.54, 1.807) is 6.07 Å². The highest BCUT2D eigenvalue weighted by Gasteiger charge is 2.41. The Bertz CT molecular complexity index is 1480. The summed E-state index contributed by atoms with van der Waals surface area (Å²) in [6.45, 7) is 0. The van der Waals surface area contributed by atoms with Crippen LogP contribution in [0.1, 0.15) is 16.1 Å². The number of amides is 1. The van der Waals surface area contributed by atoms with Crippen LogP contribution in [0.15, 0.2) is 49.1 Å². The van der Waals surface area contributed by atoms with Gasteiger partial charge in [-0.25, -0.2) is 9.67 Å². The third kappa shape index (κ3) is 3.78. The number of carbonyl (C=O) groups is 1. The minimum atomic E-state index is -4.88. The number of aromatic nitrogens is 8. The molecule has 0 aliphatic rings. The van der Waals surface area contributed by atoms with Crippen LogP contribution in [-0.2, 0) is 6.18 Å². The van der Waals surface area contributed by atoms with Crippen molar-refractivity contribution in [3.63, 3.8) is 0 Å². The van der Waals surface area contributed by atoms with Crippen LogP contribution in [0.5, 0.6) is 0 Å². The SMILES string of the molecule is O=C(Nc1cnc(-n2nccn2)c(Cl)c1)c1cnn(-c2cccc3nnsc23)c1C(F)(F)F. The maximum Gasteiger partial charge on any atom is 0.434 e. The molecule has 166 valence electrons. The minimum Gasteiger partial charge on any atom is -0.320 e. The second-order valence-corrected chi connectivity index (χ2v) is 7.68.